The average Bonchev–Trinajstić information content (AvgIpc) is 1.61. The first-order chi connectivity index (χ1) is 38.5. The lowest BCUT2D eigenvalue weighted by molar-refractivity contribution is -0.214. The summed E-state index contributed by atoms with van der Waals surface area (Å²) in [4.78, 5) is 25.9. The molecule has 0 amide bonds. The molecule has 2 spiro atoms. The topological polar surface area (TPSA) is 219 Å². The Morgan fingerprint density at radius 3 is 2.36 bits per heavy atom. The summed E-state index contributed by atoms with van der Waals surface area (Å²) in [5.41, 5.74) is 10.2. The van der Waals surface area contributed by atoms with Crippen LogP contribution in [0.1, 0.15) is 181 Å². The molecule has 1 saturated heterocycles. The third-order valence-electron chi connectivity index (χ3n) is 25.5. The number of carbonyl (C=O) groups excluding carboxylic acids is 1. The van der Waals surface area contributed by atoms with Crippen molar-refractivity contribution >= 4 is 33.3 Å². The van der Waals surface area contributed by atoms with Crippen molar-refractivity contribution in [3.05, 3.63) is 52.7 Å². The molecule has 9 fully saturated rings. The van der Waals surface area contributed by atoms with Gasteiger partial charge in [-0.1, -0.05) is 103 Å². The fraction of sp³-hybridized carbons (Fsp3) is 0.831. The van der Waals surface area contributed by atoms with Gasteiger partial charge in [0.25, 0.3) is 0 Å². The fourth-order valence-corrected chi connectivity index (χ4v) is 27.0. The van der Waals surface area contributed by atoms with Crippen LogP contribution in [-0.4, -0.2) is 119 Å². The van der Waals surface area contributed by atoms with Crippen LogP contribution in [0.2, 0.25) is 0 Å². The predicted octanol–water partition coefficient (Wildman–Crippen LogP) is 9.19. The van der Waals surface area contributed by atoms with Crippen LogP contribution in [0.4, 0.5) is 0 Å². The molecule has 80 heavy (non-hydrogen) atoms. The maximum atomic E-state index is 16.2. The molecule has 1 aromatic heterocycles. The molecule has 15 heteroatoms. The zero-order valence-electron chi connectivity index (χ0n) is 48.7. The summed E-state index contributed by atoms with van der Waals surface area (Å²) in [7, 11) is 5.80. The predicted molar refractivity (Wildman–Crippen MR) is 317 cm³/mol. The van der Waals surface area contributed by atoms with Crippen molar-refractivity contribution in [2.75, 3.05) is 32.5 Å². The molecule has 4 bridgehead atoms. The Morgan fingerprint density at radius 1 is 0.912 bits per heavy atom. The minimum atomic E-state index is -1.66. The molecule has 13 nitrogen and oxygen atoms in total. The summed E-state index contributed by atoms with van der Waals surface area (Å²) in [6.45, 7) is 6.93. The number of nitrogens with zero attached hydrogens (tertiary/aromatic N) is 3. The second-order valence-electron chi connectivity index (χ2n) is 29.5. The molecule has 12 aliphatic rings. The molecule has 2 heterocycles. The van der Waals surface area contributed by atoms with E-state index in [4.69, 9.17) is 10.7 Å². The fourth-order valence-electron chi connectivity index (χ4n) is 23.2. The van der Waals surface area contributed by atoms with Crippen molar-refractivity contribution in [1.29, 1.82) is 0 Å². The molecule has 8 saturated carbocycles. The second-order valence-corrected chi connectivity index (χ2v) is 32.3. The van der Waals surface area contributed by atoms with Crippen LogP contribution in [0, 0.1) is 86.8 Å². The minimum Gasteiger partial charge on any atom is -0.396 e. The molecule has 1 aliphatic heterocycles. The third-order valence-corrected chi connectivity index (χ3v) is 29.0. The summed E-state index contributed by atoms with van der Waals surface area (Å²) < 4.78 is 1.95. The van der Waals surface area contributed by atoms with E-state index in [1.807, 2.05) is 47.2 Å². The molecule has 0 unspecified atom stereocenters. The number of allylic oxidation sites excluding steroid dienone is 3. The van der Waals surface area contributed by atoms with Gasteiger partial charge in [-0.2, -0.15) is 0 Å². The first kappa shape index (κ1) is 56.9. The first-order valence-corrected chi connectivity index (χ1v) is 34.6. The van der Waals surface area contributed by atoms with Gasteiger partial charge in [-0.05, 0) is 187 Å². The van der Waals surface area contributed by atoms with Crippen molar-refractivity contribution in [2.24, 2.45) is 97.5 Å². The van der Waals surface area contributed by atoms with Gasteiger partial charge in [0.2, 0.25) is 0 Å². The van der Waals surface area contributed by atoms with Crippen LogP contribution in [0.3, 0.4) is 0 Å². The highest BCUT2D eigenvalue weighted by molar-refractivity contribution is 8.77. The van der Waals surface area contributed by atoms with Gasteiger partial charge in [0.05, 0.1) is 36.8 Å². The number of hydrogen-bond donors (Lipinski definition) is 9. The SMILES string of the molecule is CNC[C@H]1[C@@H](O)[C@@H](O)C[C@]2(C3CCCCC3)[C@@H]3C(=CC(=O)[C@H]12)[C@]1(O)[C@H]2C[C@H]([C@@H]4C[C@H]5CCCC6=C5[C@H](C(=C5CCCC7(CCCC7)[C@H]65)C(C)(C)C[C@H](n5ccnc5)CSSC25CCCC5)[C@H]4O)[C@@]1(CO)C[C@H]3CN=C(N)N[C@@H](C)O. The van der Waals surface area contributed by atoms with E-state index in [2.05, 4.69) is 40.2 Å². The van der Waals surface area contributed by atoms with E-state index in [1.165, 1.54) is 44.1 Å². The lowest BCUT2D eigenvalue weighted by Crippen LogP contribution is -2.71. The van der Waals surface area contributed by atoms with Gasteiger partial charge in [-0.25, -0.2) is 4.98 Å². The highest BCUT2D eigenvalue weighted by Crippen LogP contribution is 2.78. The largest absolute Gasteiger partial charge is 0.396 e. The molecule has 0 radical (unpaired) electrons. The highest BCUT2D eigenvalue weighted by atomic mass is 33.1. The first-order valence-electron chi connectivity index (χ1n) is 32.3. The van der Waals surface area contributed by atoms with Crippen molar-refractivity contribution in [3.63, 3.8) is 0 Å². The Morgan fingerprint density at radius 2 is 1.65 bits per heavy atom. The molecule has 10 N–H and O–H groups in total. The van der Waals surface area contributed by atoms with E-state index in [1.54, 1.807) is 23.6 Å². The number of nitrogens with two attached hydrogens (primary N) is 1. The maximum Gasteiger partial charge on any atom is 0.190 e. The summed E-state index contributed by atoms with van der Waals surface area (Å²) in [6.07, 6.45) is 28.0. The lowest BCUT2D eigenvalue weighted by atomic mass is 9.37. The smallest absolute Gasteiger partial charge is 0.190 e. The minimum absolute atomic E-state index is 0.0340. The van der Waals surface area contributed by atoms with E-state index in [-0.39, 0.29) is 83.7 Å². The molecular formula is C65H98N6O7S2. The van der Waals surface area contributed by atoms with Gasteiger partial charge in [-0.15, -0.1) is 0 Å². The monoisotopic (exact) mass is 1140 g/mol. The zero-order chi connectivity index (χ0) is 55.7. The zero-order valence-corrected chi connectivity index (χ0v) is 50.3. The third kappa shape index (κ3) is 8.46. The van der Waals surface area contributed by atoms with E-state index >= 15 is 9.90 Å². The van der Waals surface area contributed by atoms with Gasteiger partial charge < -0.3 is 51.6 Å². The number of aromatic nitrogens is 2. The van der Waals surface area contributed by atoms with Crippen LogP contribution in [0.25, 0.3) is 0 Å². The van der Waals surface area contributed by atoms with E-state index in [0.717, 1.165) is 108 Å². The normalized spacial score (nSPS) is 44.5. The Kier molecular flexibility index (Phi) is 15.2. The van der Waals surface area contributed by atoms with Crippen molar-refractivity contribution in [2.45, 2.75) is 216 Å². The second kappa shape index (κ2) is 21.3. The Bertz CT molecular complexity index is 2620. The highest BCUT2D eigenvalue weighted by Gasteiger charge is 2.79. The number of nitrogens with one attached hydrogen (secondary N) is 2. The Balaban J connectivity index is 1.05. The number of imidazole rings is 1. The summed E-state index contributed by atoms with van der Waals surface area (Å²) in [5.74, 6) is -1.29. The number of aliphatic hydroxyl groups is 6. The number of rotatable bonds is 8. The van der Waals surface area contributed by atoms with Crippen LogP contribution in [0.15, 0.2) is 57.7 Å². The standard InChI is InChI=1S/C65H98N6O7S2/c1-37(73)70-59(66)69-32-39-29-62(35-72)46-28-50(65(62,78)47-27-48(74)55-45(33-67-4)57(76)49(75)31-64(55,53(39)47)40-15-6-5-7-16-40)63(22-10-11-23-63)80-79-34-41(71-25-24-68-36-71)30-60(2,3)56-43-18-13-21-61(19-8-9-20-61)54(43)42-17-12-14-38-26-44(46)58(77)52(56)51(38)42/h24-25,27,36-41,44-46,49-50,52-55,57-58,67,72-73,75-78H,5-23,26,28-35H2,1-4H3,(H3,66,69,70)/t37-,38-,39+,41+,44+,45-,46-,49+,50+,52-,53+,54-,55+,57-,58+,62+,64+,65+/m1/s1. The maximum absolute atomic E-state index is 16.2. The molecule has 18 atom stereocenters. The van der Waals surface area contributed by atoms with Crippen LogP contribution in [-0.2, 0) is 4.79 Å². The van der Waals surface area contributed by atoms with Gasteiger partial charge in [-0.3, -0.25) is 9.79 Å². The van der Waals surface area contributed by atoms with Gasteiger partial charge >= 0.3 is 0 Å². The number of guanidine groups is 1. The quantitative estimate of drug-likeness (QED) is 0.0391. The molecule has 0 aromatic carbocycles. The number of aliphatic imine (C=N–C) groups is 1. The van der Waals surface area contributed by atoms with Crippen LogP contribution >= 0.6 is 21.6 Å². The van der Waals surface area contributed by atoms with E-state index in [0.29, 0.717) is 31.2 Å². The Hall–Kier alpha value is -2.21. The number of aliphatic hydroxyl groups excluding tert-OH is 5. The molecule has 13 rings (SSSR count). The van der Waals surface area contributed by atoms with Crippen molar-refractivity contribution < 1.29 is 35.4 Å². The van der Waals surface area contributed by atoms with Gasteiger partial charge in [0.15, 0.2) is 11.7 Å². The van der Waals surface area contributed by atoms with Crippen LogP contribution in [0.5, 0.6) is 0 Å². The number of hydrogen-bond acceptors (Lipinski definition) is 12. The lowest BCUT2D eigenvalue weighted by Gasteiger charge is -2.68. The number of fused-ring (bicyclic) bond motifs is 15. The summed E-state index contributed by atoms with van der Waals surface area (Å²) in [5, 5.41) is 84.6. The van der Waals surface area contributed by atoms with Crippen LogP contribution < -0.4 is 16.4 Å². The molecule has 442 valence electrons. The summed E-state index contributed by atoms with van der Waals surface area (Å²) >= 11 is 0. The molecular weight excluding hydrogens is 1040 g/mol. The average molecular weight is 1140 g/mol. The molecule has 11 aliphatic carbocycles. The van der Waals surface area contributed by atoms with Gasteiger partial charge in [0, 0.05) is 77.0 Å². The van der Waals surface area contributed by atoms with Gasteiger partial charge in [0.1, 0.15) is 6.23 Å². The number of carbonyl (C=O) groups is 1. The summed E-state index contributed by atoms with van der Waals surface area (Å²) in [6, 6.07) is 0.132. The van der Waals surface area contributed by atoms with Crippen molar-refractivity contribution in [1.82, 2.24) is 20.2 Å². The Labute approximate surface area is 484 Å². The number of ketones is 1. The van der Waals surface area contributed by atoms with E-state index in [9.17, 15) is 25.5 Å². The molecule has 1 aromatic rings. The van der Waals surface area contributed by atoms with Crippen molar-refractivity contribution in [3.8, 4) is 0 Å². The van der Waals surface area contributed by atoms with E-state index < -0.39 is 63.5 Å².